The first-order chi connectivity index (χ1) is 8.78. The number of benzene rings is 1. The fourth-order valence-corrected chi connectivity index (χ4v) is 3.91. The van der Waals surface area contributed by atoms with Crippen molar-refractivity contribution in [2.75, 3.05) is 6.54 Å². The van der Waals surface area contributed by atoms with E-state index < -0.39 is 0 Å². The highest BCUT2D eigenvalue weighted by atomic mass is 35.5. The average Bonchev–Trinajstić information content (AvgIpc) is 2.40. The maximum atomic E-state index is 5.92. The van der Waals surface area contributed by atoms with Crippen LogP contribution in [0.1, 0.15) is 39.0 Å². The standard InChI is InChI=1S/C15H22ClNS/c1-2-10-17-13-4-3-5-15(11-13)18-14-8-6-12(16)7-9-14/h6-9,13,15,17H,2-5,10-11H2,1H3. The summed E-state index contributed by atoms with van der Waals surface area (Å²) in [5.74, 6) is 0. The van der Waals surface area contributed by atoms with E-state index in [1.165, 1.54) is 37.0 Å². The molecule has 0 bridgehead atoms. The summed E-state index contributed by atoms with van der Waals surface area (Å²) in [6.45, 7) is 3.39. The van der Waals surface area contributed by atoms with E-state index in [9.17, 15) is 0 Å². The van der Waals surface area contributed by atoms with Gasteiger partial charge in [0.1, 0.15) is 0 Å². The van der Waals surface area contributed by atoms with Gasteiger partial charge in [-0.3, -0.25) is 0 Å². The van der Waals surface area contributed by atoms with E-state index in [0.29, 0.717) is 0 Å². The van der Waals surface area contributed by atoms with Gasteiger partial charge in [-0.05, 0) is 56.5 Å². The van der Waals surface area contributed by atoms with Crippen LogP contribution in [0.2, 0.25) is 5.02 Å². The molecule has 0 radical (unpaired) electrons. The van der Waals surface area contributed by atoms with Gasteiger partial charge in [0.25, 0.3) is 0 Å². The van der Waals surface area contributed by atoms with Gasteiger partial charge in [0.2, 0.25) is 0 Å². The Bertz CT molecular complexity index is 352. The molecule has 1 aliphatic rings. The van der Waals surface area contributed by atoms with Crippen LogP contribution in [-0.2, 0) is 0 Å². The summed E-state index contributed by atoms with van der Waals surface area (Å²) >= 11 is 7.93. The molecular weight excluding hydrogens is 262 g/mol. The third-order valence-electron chi connectivity index (χ3n) is 3.43. The molecule has 0 aliphatic heterocycles. The van der Waals surface area contributed by atoms with Gasteiger partial charge in [-0.25, -0.2) is 0 Å². The Balaban J connectivity index is 1.83. The van der Waals surface area contributed by atoms with E-state index in [2.05, 4.69) is 24.4 Å². The second kappa shape index (κ2) is 7.42. The van der Waals surface area contributed by atoms with Crippen molar-refractivity contribution in [1.29, 1.82) is 0 Å². The van der Waals surface area contributed by atoms with E-state index in [1.54, 1.807) is 0 Å². The fourth-order valence-electron chi connectivity index (χ4n) is 2.49. The predicted molar refractivity (Wildman–Crippen MR) is 81.6 cm³/mol. The number of nitrogens with one attached hydrogen (secondary N) is 1. The largest absolute Gasteiger partial charge is 0.314 e. The van der Waals surface area contributed by atoms with Gasteiger partial charge >= 0.3 is 0 Å². The Morgan fingerprint density at radius 3 is 2.78 bits per heavy atom. The van der Waals surface area contributed by atoms with Crippen LogP contribution in [0.5, 0.6) is 0 Å². The fraction of sp³-hybridized carbons (Fsp3) is 0.600. The Labute approximate surface area is 120 Å². The molecule has 3 heteroatoms. The van der Waals surface area contributed by atoms with E-state index in [0.717, 1.165) is 22.9 Å². The number of halogens is 1. The van der Waals surface area contributed by atoms with Crippen LogP contribution in [0.25, 0.3) is 0 Å². The van der Waals surface area contributed by atoms with E-state index in [4.69, 9.17) is 11.6 Å². The highest BCUT2D eigenvalue weighted by Gasteiger charge is 2.22. The summed E-state index contributed by atoms with van der Waals surface area (Å²) in [6, 6.07) is 8.97. The molecule has 0 spiro atoms. The van der Waals surface area contributed by atoms with Crippen molar-refractivity contribution in [2.45, 2.75) is 55.2 Å². The van der Waals surface area contributed by atoms with Crippen molar-refractivity contribution in [1.82, 2.24) is 5.32 Å². The zero-order valence-electron chi connectivity index (χ0n) is 11.0. The second-order valence-corrected chi connectivity index (χ2v) is 6.82. The predicted octanol–water partition coefficient (Wildman–Crippen LogP) is 4.74. The molecule has 100 valence electrons. The van der Waals surface area contributed by atoms with E-state index in [1.807, 2.05) is 23.9 Å². The zero-order valence-corrected chi connectivity index (χ0v) is 12.6. The molecule has 1 N–H and O–H groups in total. The second-order valence-electron chi connectivity index (χ2n) is 5.01. The highest BCUT2D eigenvalue weighted by Crippen LogP contribution is 2.34. The third kappa shape index (κ3) is 4.49. The Morgan fingerprint density at radius 1 is 1.28 bits per heavy atom. The molecule has 2 rings (SSSR count). The normalized spacial score (nSPS) is 24.1. The average molecular weight is 284 g/mol. The first-order valence-corrected chi connectivity index (χ1v) is 8.19. The molecule has 0 heterocycles. The van der Waals surface area contributed by atoms with Crippen LogP contribution < -0.4 is 5.32 Å². The lowest BCUT2D eigenvalue weighted by Gasteiger charge is -2.29. The molecule has 0 aromatic heterocycles. The van der Waals surface area contributed by atoms with Gasteiger partial charge in [0.15, 0.2) is 0 Å². The molecular formula is C15H22ClNS. The lowest BCUT2D eigenvalue weighted by Crippen LogP contribution is -2.35. The smallest absolute Gasteiger partial charge is 0.0406 e. The number of thioether (sulfide) groups is 1. The lowest BCUT2D eigenvalue weighted by atomic mass is 9.95. The van der Waals surface area contributed by atoms with Crippen LogP contribution in [0.15, 0.2) is 29.2 Å². The van der Waals surface area contributed by atoms with Crippen LogP contribution in [-0.4, -0.2) is 17.8 Å². The Kier molecular flexibility index (Phi) is 5.87. The molecule has 1 aromatic rings. The monoisotopic (exact) mass is 283 g/mol. The minimum absolute atomic E-state index is 0.725. The van der Waals surface area contributed by atoms with Crippen LogP contribution in [0.3, 0.4) is 0 Å². The Morgan fingerprint density at radius 2 is 2.06 bits per heavy atom. The molecule has 0 saturated heterocycles. The molecule has 2 unspecified atom stereocenters. The van der Waals surface area contributed by atoms with Crippen molar-refractivity contribution in [3.05, 3.63) is 29.3 Å². The van der Waals surface area contributed by atoms with Gasteiger partial charge in [0, 0.05) is 21.2 Å². The summed E-state index contributed by atoms with van der Waals surface area (Å²) in [5.41, 5.74) is 0. The SMILES string of the molecule is CCCNC1CCCC(Sc2ccc(Cl)cc2)C1. The molecule has 1 aromatic carbocycles. The van der Waals surface area contributed by atoms with Crippen molar-refractivity contribution < 1.29 is 0 Å². The van der Waals surface area contributed by atoms with E-state index in [-0.39, 0.29) is 0 Å². The lowest BCUT2D eigenvalue weighted by molar-refractivity contribution is 0.381. The van der Waals surface area contributed by atoms with Crippen molar-refractivity contribution in [2.24, 2.45) is 0 Å². The molecule has 1 saturated carbocycles. The number of hydrogen-bond donors (Lipinski definition) is 1. The molecule has 1 aliphatic carbocycles. The zero-order chi connectivity index (χ0) is 12.8. The maximum Gasteiger partial charge on any atom is 0.0406 e. The van der Waals surface area contributed by atoms with Crippen molar-refractivity contribution in [3.8, 4) is 0 Å². The van der Waals surface area contributed by atoms with Gasteiger partial charge < -0.3 is 5.32 Å². The summed E-state index contributed by atoms with van der Waals surface area (Å²) in [6.07, 6.45) is 6.57. The van der Waals surface area contributed by atoms with Crippen LogP contribution >= 0.6 is 23.4 Å². The van der Waals surface area contributed by atoms with Gasteiger partial charge in [-0.15, -0.1) is 11.8 Å². The van der Waals surface area contributed by atoms with Crippen molar-refractivity contribution >= 4 is 23.4 Å². The minimum Gasteiger partial charge on any atom is -0.314 e. The summed E-state index contributed by atoms with van der Waals surface area (Å²) < 4.78 is 0. The van der Waals surface area contributed by atoms with Gasteiger partial charge in [-0.1, -0.05) is 24.9 Å². The number of rotatable bonds is 5. The highest BCUT2D eigenvalue weighted by molar-refractivity contribution is 8.00. The van der Waals surface area contributed by atoms with Gasteiger partial charge in [0.05, 0.1) is 0 Å². The maximum absolute atomic E-state index is 5.92. The molecule has 1 fully saturated rings. The molecule has 0 amide bonds. The van der Waals surface area contributed by atoms with Crippen LogP contribution in [0.4, 0.5) is 0 Å². The number of hydrogen-bond acceptors (Lipinski definition) is 2. The summed E-state index contributed by atoms with van der Waals surface area (Å²) in [7, 11) is 0. The summed E-state index contributed by atoms with van der Waals surface area (Å²) in [5, 5.41) is 5.24. The first kappa shape index (κ1) is 14.2. The van der Waals surface area contributed by atoms with E-state index >= 15 is 0 Å². The minimum atomic E-state index is 0.725. The third-order valence-corrected chi connectivity index (χ3v) is 4.98. The van der Waals surface area contributed by atoms with Gasteiger partial charge in [-0.2, -0.15) is 0 Å². The molecule has 2 atom stereocenters. The quantitative estimate of drug-likeness (QED) is 0.837. The Hall–Kier alpha value is -0.180. The molecule has 1 nitrogen and oxygen atoms in total. The first-order valence-electron chi connectivity index (χ1n) is 6.93. The van der Waals surface area contributed by atoms with Crippen LogP contribution in [0, 0.1) is 0 Å². The summed E-state index contributed by atoms with van der Waals surface area (Å²) in [4.78, 5) is 1.35. The topological polar surface area (TPSA) is 12.0 Å². The van der Waals surface area contributed by atoms with Crippen molar-refractivity contribution in [3.63, 3.8) is 0 Å². The molecule has 18 heavy (non-hydrogen) atoms.